The van der Waals surface area contributed by atoms with E-state index < -0.39 is 5.97 Å². The average molecular weight is 373 g/mol. The second-order valence-electron chi connectivity index (χ2n) is 8.84. The topological polar surface area (TPSA) is 75.0 Å². The number of ether oxygens (including phenoxy) is 1. The van der Waals surface area contributed by atoms with E-state index in [1.54, 1.807) is 0 Å². The monoisotopic (exact) mass is 373 g/mol. The molecule has 0 aromatic carbocycles. The van der Waals surface area contributed by atoms with Gasteiger partial charge in [-0.2, -0.15) is 0 Å². The third-order valence-electron chi connectivity index (χ3n) is 6.83. The van der Waals surface area contributed by atoms with E-state index in [1.165, 1.54) is 0 Å². The van der Waals surface area contributed by atoms with Crippen LogP contribution in [0.4, 0.5) is 0 Å². The zero-order chi connectivity index (χ0) is 18.5. The largest absolute Gasteiger partial charge is 0.480 e. The lowest BCUT2D eigenvalue weighted by molar-refractivity contribution is -0.139. The Labute approximate surface area is 158 Å². The fourth-order valence-corrected chi connectivity index (χ4v) is 5.69. The Morgan fingerprint density at radius 1 is 1.07 bits per heavy atom. The number of hydrogen-bond donors (Lipinski definition) is 1. The second kappa shape index (κ2) is 6.72. The van der Waals surface area contributed by atoms with Crippen LogP contribution in [0.3, 0.4) is 0 Å². The Kier molecular flexibility index (Phi) is 4.33. The normalized spacial score (nSPS) is 33.0. The van der Waals surface area contributed by atoms with Crippen LogP contribution < -0.4 is 5.56 Å². The SMILES string of the molecule is O=C(O)CN1C[C@@H]2C[C@H](C1)c1ccc(CN3C[C@H]4COC[C@H]4C3)c(=O)n1C2. The van der Waals surface area contributed by atoms with Crippen molar-refractivity contribution in [3.8, 4) is 0 Å². The van der Waals surface area contributed by atoms with E-state index in [-0.39, 0.29) is 18.0 Å². The molecule has 5 heterocycles. The number of aliphatic carboxylic acids is 1. The highest BCUT2D eigenvalue weighted by molar-refractivity contribution is 5.69. The summed E-state index contributed by atoms with van der Waals surface area (Å²) >= 11 is 0. The summed E-state index contributed by atoms with van der Waals surface area (Å²) in [5.41, 5.74) is 2.13. The number of piperidine rings is 1. The molecule has 0 aliphatic carbocycles. The summed E-state index contributed by atoms with van der Waals surface area (Å²) in [5, 5.41) is 9.09. The van der Waals surface area contributed by atoms with Crippen molar-refractivity contribution < 1.29 is 14.6 Å². The van der Waals surface area contributed by atoms with Crippen molar-refractivity contribution in [1.82, 2.24) is 14.4 Å². The molecule has 27 heavy (non-hydrogen) atoms. The molecule has 4 atom stereocenters. The maximum Gasteiger partial charge on any atom is 0.317 e. The lowest BCUT2D eigenvalue weighted by Crippen LogP contribution is -2.48. The van der Waals surface area contributed by atoms with E-state index in [2.05, 4.69) is 11.0 Å². The van der Waals surface area contributed by atoms with E-state index in [0.29, 0.717) is 24.3 Å². The standard InChI is InChI=1S/C20H27N3O4/c24-19(25)10-21-4-13-3-15(7-21)18-2-1-14(20(26)23(18)5-13)6-22-8-16-11-27-12-17(16)9-22/h1-2,13,15-17H,3-12H2,(H,24,25)/t13-,15+,16-,17+/m0/s1. The number of hydrogen-bond acceptors (Lipinski definition) is 5. The minimum Gasteiger partial charge on any atom is -0.480 e. The first-order chi connectivity index (χ1) is 13.1. The summed E-state index contributed by atoms with van der Waals surface area (Å²) in [6, 6.07) is 4.12. The fourth-order valence-electron chi connectivity index (χ4n) is 5.69. The van der Waals surface area contributed by atoms with Crippen LogP contribution >= 0.6 is 0 Å². The fraction of sp³-hybridized carbons (Fsp3) is 0.700. The van der Waals surface area contributed by atoms with E-state index in [0.717, 1.165) is 63.6 Å². The minimum absolute atomic E-state index is 0.0936. The Morgan fingerprint density at radius 2 is 1.85 bits per heavy atom. The molecule has 146 valence electrons. The third kappa shape index (κ3) is 3.22. The molecule has 0 spiro atoms. The minimum atomic E-state index is -0.775. The second-order valence-corrected chi connectivity index (χ2v) is 8.84. The van der Waals surface area contributed by atoms with Crippen molar-refractivity contribution in [3.05, 3.63) is 33.7 Å². The van der Waals surface area contributed by atoms with Crippen LogP contribution in [0.15, 0.2) is 16.9 Å². The summed E-state index contributed by atoms with van der Waals surface area (Å²) < 4.78 is 7.53. The van der Waals surface area contributed by atoms with Crippen molar-refractivity contribution in [3.63, 3.8) is 0 Å². The molecule has 1 N–H and O–H groups in total. The van der Waals surface area contributed by atoms with E-state index in [9.17, 15) is 9.59 Å². The van der Waals surface area contributed by atoms with Gasteiger partial charge in [-0.25, -0.2) is 0 Å². The number of carbonyl (C=O) groups is 1. The first-order valence-corrected chi connectivity index (χ1v) is 10.0. The Bertz CT molecular complexity index is 795. The van der Waals surface area contributed by atoms with Crippen LogP contribution in [0, 0.1) is 17.8 Å². The van der Waals surface area contributed by atoms with Gasteiger partial charge in [0.05, 0.1) is 19.8 Å². The molecular formula is C20H27N3O4. The number of likely N-dealkylation sites (tertiary alicyclic amines) is 2. The van der Waals surface area contributed by atoms with Crippen LogP contribution in [-0.2, 0) is 22.6 Å². The number of fused-ring (bicyclic) bond motifs is 5. The van der Waals surface area contributed by atoms with E-state index in [1.807, 2.05) is 15.5 Å². The van der Waals surface area contributed by atoms with E-state index >= 15 is 0 Å². The number of carboxylic acid groups (broad SMARTS) is 1. The van der Waals surface area contributed by atoms with E-state index in [4.69, 9.17) is 9.84 Å². The molecule has 3 saturated heterocycles. The van der Waals surface area contributed by atoms with Gasteiger partial charge in [-0.1, -0.05) is 6.07 Å². The lowest BCUT2D eigenvalue weighted by atomic mass is 9.83. The number of aromatic nitrogens is 1. The summed E-state index contributed by atoms with van der Waals surface area (Å²) in [7, 11) is 0. The van der Waals surface area contributed by atoms with Gasteiger partial charge in [-0.15, -0.1) is 0 Å². The summed E-state index contributed by atoms with van der Waals surface area (Å²) in [4.78, 5) is 28.6. The summed E-state index contributed by atoms with van der Waals surface area (Å²) in [5.74, 6) is 1.12. The van der Waals surface area contributed by atoms with Gasteiger partial charge in [0, 0.05) is 68.3 Å². The third-order valence-corrected chi connectivity index (χ3v) is 6.83. The van der Waals surface area contributed by atoms with Crippen LogP contribution in [0.25, 0.3) is 0 Å². The van der Waals surface area contributed by atoms with Gasteiger partial charge >= 0.3 is 5.97 Å². The molecule has 2 bridgehead atoms. The quantitative estimate of drug-likeness (QED) is 0.825. The van der Waals surface area contributed by atoms with Crippen molar-refractivity contribution >= 4 is 5.97 Å². The highest BCUT2D eigenvalue weighted by atomic mass is 16.5. The molecule has 0 saturated carbocycles. The molecule has 1 aromatic heterocycles. The zero-order valence-corrected chi connectivity index (χ0v) is 15.5. The zero-order valence-electron chi connectivity index (χ0n) is 15.5. The van der Waals surface area contributed by atoms with Gasteiger partial charge in [0.2, 0.25) is 0 Å². The molecule has 5 rings (SSSR count). The molecule has 7 nitrogen and oxygen atoms in total. The molecule has 7 heteroatoms. The number of carboxylic acids is 1. The van der Waals surface area contributed by atoms with Crippen LogP contribution in [0.5, 0.6) is 0 Å². The molecule has 4 aliphatic rings. The van der Waals surface area contributed by atoms with Crippen LogP contribution in [-0.4, -0.2) is 71.4 Å². The van der Waals surface area contributed by atoms with Gasteiger partial charge in [0.15, 0.2) is 0 Å². The number of rotatable bonds is 4. The Morgan fingerprint density at radius 3 is 2.59 bits per heavy atom. The highest BCUT2D eigenvalue weighted by Crippen LogP contribution is 2.35. The molecule has 0 unspecified atom stereocenters. The van der Waals surface area contributed by atoms with Crippen molar-refractivity contribution in [2.45, 2.75) is 25.4 Å². The average Bonchev–Trinajstić information content (AvgIpc) is 3.18. The van der Waals surface area contributed by atoms with Gasteiger partial charge in [-0.05, 0) is 18.4 Å². The Balaban J connectivity index is 1.34. The molecule has 0 radical (unpaired) electrons. The van der Waals surface area contributed by atoms with Crippen LogP contribution in [0.2, 0.25) is 0 Å². The smallest absolute Gasteiger partial charge is 0.317 e. The molecule has 3 fully saturated rings. The van der Waals surface area contributed by atoms with Crippen molar-refractivity contribution in [2.75, 3.05) is 45.9 Å². The highest BCUT2D eigenvalue weighted by Gasteiger charge is 2.38. The molecule has 4 aliphatic heterocycles. The summed E-state index contributed by atoms with van der Waals surface area (Å²) in [6.07, 6.45) is 1.06. The maximum absolute atomic E-state index is 13.1. The summed E-state index contributed by atoms with van der Waals surface area (Å²) in [6.45, 7) is 6.83. The van der Waals surface area contributed by atoms with Gasteiger partial charge < -0.3 is 14.4 Å². The predicted octanol–water partition coefficient (Wildman–Crippen LogP) is 0.430. The maximum atomic E-state index is 13.1. The van der Waals surface area contributed by atoms with Gasteiger partial charge in [0.1, 0.15) is 0 Å². The molecular weight excluding hydrogens is 346 g/mol. The lowest BCUT2D eigenvalue weighted by Gasteiger charge is -2.42. The van der Waals surface area contributed by atoms with Crippen molar-refractivity contribution in [2.24, 2.45) is 17.8 Å². The first-order valence-electron chi connectivity index (χ1n) is 10.0. The molecule has 0 amide bonds. The van der Waals surface area contributed by atoms with Crippen molar-refractivity contribution in [1.29, 1.82) is 0 Å². The predicted molar refractivity (Wildman–Crippen MR) is 98.7 cm³/mol. The van der Waals surface area contributed by atoms with Crippen LogP contribution in [0.1, 0.15) is 23.6 Å². The first kappa shape index (κ1) is 17.4. The number of nitrogens with zero attached hydrogens (tertiary/aromatic N) is 3. The molecule has 1 aromatic rings. The van der Waals surface area contributed by atoms with Gasteiger partial charge in [-0.3, -0.25) is 19.4 Å². The Hall–Kier alpha value is -1.70. The van der Waals surface area contributed by atoms with Gasteiger partial charge in [0.25, 0.3) is 5.56 Å². The number of pyridine rings is 1.